The van der Waals surface area contributed by atoms with Crippen LogP contribution in [0.15, 0.2) is 24.4 Å². The molecule has 0 saturated carbocycles. The molecular weight excluding hydrogens is 307 g/mol. The summed E-state index contributed by atoms with van der Waals surface area (Å²) in [6.07, 6.45) is 1.65. The SMILES string of the molecule is O=[N+]([O-])c1cccc(Cn2cc(CBr)nn2)c1F. The quantitative estimate of drug-likeness (QED) is 0.493. The molecule has 18 heavy (non-hydrogen) atoms. The predicted octanol–water partition coefficient (Wildman–Crippen LogP) is 2.27. The van der Waals surface area contributed by atoms with E-state index in [9.17, 15) is 14.5 Å². The third kappa shape index (κ3) is 2.53. The van der Waals surface area contributed by atoms with Crippen molar-refractivity contribution in [3.05, 3.63) is 51.6 Å². The summed E-state index contributed by atoms with van der Waals surface area (Å²) in [5, 5.41) is 18.8. The zero-order valence-corrected chi connectivity index (χ0v) is 10.7. The van der Waals surface area contributed by atoms with Crippen LogP contribution in [-0.2, 0) is 11.9 Å². The van der Waals surface area contributed by atoms with Gasteiger partial charge in [-0.2, -0.15) is 4.39 Å². The molecule has 0 unspecified atom stereocenters. The molecule has 0 amide bonds. The fraction of sp³-hybridized carbons (Fsp3) is 0.200. The highest BCUT2D eigenvalue weighted by atomic mass is 79.9. The van der Waals surface area contributed by atoms with Gasteiger partial charge in [-0.25, -0.2) is 4.68 Å². The van der Waals surface area contributed by atoms with Gasteiger partial charge in [0.25, 0.3) is 0 Å². The van der Waals surface area contributed by atoms with Gasteiger partial charge >= 0.3 is 5.69 Å². The highest BCUT2D eigenvalue weighted by Crippen LogP contribution is 2.20. The average molecular weight is 315 g/mol. The van der Waals surface area contributed by atoms with Crippen molar-refractivity contribution in [2.75, 3.05) is 0 Å². The van der Waals surface area contributed by atoms with Crippen LogP contribution in [0.5, 0.6) is 0 Å². The average Bonchev–Trinajstić information content (AvgIpc) is 2.79. The van der Waals surface area contributed by atoms with Crippen LogP contribution in [-0.4, -0.2) is 19.9 Å². The van der Waals surface area contributed by atoms with Crippen LogP contribution in [0, 0.1) is 15.9 Å². The molecule has 2 aromatic rings. The number of nitro benzene ring substituents is 1. The van der Waals surface area contributed by atoms with Crippen LogP contribution >= 0.6 is 15.9 Å². The molecule has 2 rings (SSSR count). The number of hydrogen-bond acceptors (Lipinski definition) is 4. The van der Waals surface area contributed by atoms with E-state index in [2.05, 4.69) is 26.2 Å². The van der Waals surface area contributed by atoms with Gasteiger partial charge in [-0.1, -0.05) is 33.3 Å². The summed E-state index contributed by atoms with van der Waals surface area (Å²) in [5.74, 6) is -0.835. The van der Waals surface area contributed by atoms with Gasteiger partial charge in [-0.3, -0.25) is 10.1 Å². The number of benzene rings is 1. The van der Waals surface area contributed by atoms with E-state index in [-0.39, 0.29) is 12.1 Å². The Morgan fingerprint density at radius 3 is 2.89 bits per heavy atom. The highest BCUT2D eigenvalue weighted by Gasteiger charge is 2.17. The molecule has 0 fully saturated rings. The molecular formula is C10H8BrFN4O2. The molecule has 0 bridgehead atoms. The van der Waals surface area contributed by atoms with E-state index in [0.717, 1.165) is 6.07 Å². The summed E-state index contributed by atoms with van der Waals surface area (Å²) in [6, 6.07) is 4.06. The number of aromatic nitrogens is 3. The Morgan fingerprint density at radius 1 is 1.50 bits per heavy atom. The lowest BCUT2D eigenvalue weighted by Gasteiger charge is -2.02. The van der Waals surface area contributed by atoms with Crippen molar-refractivity contribution < 1.29 is 9.31 Å². The summed E-state index contributed by atoms with van der Waals surface area (Å²) in [5.41, 5.74) is 0.379. The van der Waals surface area contributed by atoms with E-state index in [1.54, 1.807) is 6.20 Å². The van der Waals surface area contributed by atoms with E-state index >= 15 is 0 Å². The second-order valence-corrected chi connectivity index (χ2v) is 4.11. The van der Waals surface area contributed by atoms with Crippen LogP contribution in [0.4, 0.5) is 10.1 Å². The molecule has 0 aliphatic rings. The van der Waals surface area contributed by atoms with E-state index in [1.807, 2.05) is 0 Å². The standard InChI is InChI=1S/C10H8BrFN4O2/c11-4-8-6-15(14-13-8)5-7-2-1-3-9(10(7)12)16(17)18/h1-3,6H,4-5H2. The van der Waals surface area contributed by atoms with Gasteiger partial charge in [0.15, 0.2) is 0 Å². The lowest BCUT2D eigenvalue weighted by atomic mass is 10.2. The molecule has 8 heteroatoms. The van der Waals surface area contributed by atoms with Crippen molar-refractivity contribution in [1.29, 1.82) is 0 Å². The molecule has 1 aromatic heterocycles. The van der Waals surface area contributed by atoms with Crippen molar-refractivity contribution in [3.8, 4) is 0 Å². The first-order valence-electron chi connectivity index (χ1n) is 4.98. The van der Waals surface area contributed by atoms with Gasteiger partial charge in [0.2, 0.25) is 5.82 Å². The van der Waals surface area contributed by atoms with E-state index in [1.165, 1.54) is 16.8 Å². The lowest BCUT2D eigenvalue weighted by Crippen LogP contribution is -2.04. The summed E-state index contributed by atoms with van der Waals surface area (Å²) >= 11 is 3.22. The van der Waals surface area contributed by atoms with Crippen LogP contribution in [0.3, 0.4) is 0 Å². The molecule has 0 N–H and O–H groups in total. The van der Waals surface area contributed by atoms with E-state index in [0.29, 0.717) is 11.0 Å². The summed E-state index contributed by atoms with van der Waals surface area (Å²) in [6.45, 7) is 0.105. The van der Waals surface area contributed by atoms with Crippen molar-refractivity contribution in [2.24, 2.45) is 0 Å². The van der Waals surface area contributed by atoms with E-state index in [4.69, 9.17) is 0 Å². The molecule has 0 aliphatic heterocycles. The highest BCUT2D eigenvalue weighted by molar-refractivity contribution is 9.08. The maximum atomic E-state index is 13.8. The van der Waals surface area contributed by atoms with E-state index < -0.39 is 16.4 Å². The third-order valence-electron chi connectivity index (χ3n) is 2.31. The topological polar surface area (TPSA) is 73.8 Å². The molecule has 0 saturated heterocycles. The Kier molecular flexibility index (Phi) is 3.66. The monoisotopic (exact) mass is 314 g/mol. The van der Waals surface area contributed by atoms with Gasteiger partial charge in [0.1, 0.15) is 0 Å². The number of hydrogen-bond donors (Lipinski definition) is 0. The van der Waals surface area contributed by atoms with Crippen molar-refractivity contribution in [3.63, 3.8) is 0 Å². The first-order valence-corrected chi connectivity index (χ1v) is 6.10. The minimum atomic E-state index is -0.835. The summed E-state index contributed by atoms with van der Waals surface area (Å²) in [7, 11) is 0. The van der Waals surface area contributed by atoms with Crippen LogP contribution in [0.1, 0.15) is 11.3 Å². The van der Waals surface area contributed by atoms with Crippen molar-refractivity contribution in [1.82, 2.24) is 15.0 Å². The number of halogens is 2. The maximum Gasteiger partial charge on any atom is 0.305 e. The predicted molar refractivity (Wildman–Crippen MR) is 64.8 cm³/mol. The Bertz CT molecular complexity index is 587. The first-order chi connectivity index (χ1) is 8.61. The second kappa shape index (κ2) is 5.21. The van der Waals surface area contributed by atoms with Crippen molar-refractivity contribution >= 4 is 21.6 Å². The number of nitro groups is 1. The second-order valence-electron chi connectivity index (χ2n) is 3.55. The van der Waals surface area contributed by atoms with Gasteiger partial charge < -0.3 is 0 Å². The van der Waals surface area contributed by atoms with Gasteiger partial charge in [-0.05, 0) is 0 Å². The zero-order chi connectivity index (χ0) is 13.1. The number of rotatable bonds is 4. The Hall–Kier alpha value is -1.83. The molecule has 1 heterocycles. The maximum absolute atomic E-state index is 13.8. The summed E-state index contributed by atoms with van der Waals surface area (Å²) in [4.78, 5) is 9.86. The van der Waals surface area contributed by atoms with Gasteiger partial charge in [0.05, 0.1) is 17.2 Å². The molecule has 6 nitrogen and oxygen atoms in total. The minimum Gasteiger partial charge on any atom is -0.258 e. The van der Waals surface area contributed by atoms with Crippen LogP contribution < -0.4 is 0 Å². The smallest absolute Gasteiger partial charge is 0.258 e. The normalized spacial score (nSPS) is 10.6. The van der Waals surface area contributed by atoms with Crippen LogP contribution in [0.25, 0.3) is 0 Å². The first kappa shape index (κ1) is 12.6. The molecule has 0 radical (unpaired) electrons. The minimum absolute atomic E-state index is 0.105. The molecule has 94 valence electrons. The van der Waals surface area contributed by atoms with Crippen LogP contribution in [0.2, 0.25) is 0 Å². The Balaban J connectivity index is 2.29. The Labute approximate surface area is 110 Å². The number of nitrogens with zero attached hydrogens (tertiary/aromatic N) is 4. The molecule has 0 spiro atoms. The van der Waals surface area contributed by atoms with Crippen molar-refractivity contribution in [2.45, 2.75) is 11.9 Å². The lowest BCUT2D eigenvalue weighted by molar-refractivity contribution is -0.387. The zero-order valence-electron chi connectivity index (χ0n) is 9.08. The molecule has 0 atom stereocenters. The Morgan fingerprint density at radius 2 is 2.28 bits per heavy atom. The molecule has 0 aliphatic carbocycles. The fourth-order valence-electron chi connectivity index (χ4n) is 1.48. The van der Waals surface area contributed by atoms with Gasteiger partial charge in [-0.15, -0.1) is 5.10 Å². The largest absolute Gasteiger partial charge is 0.305 e. The number of alkyl halides is 1. The fourth-order valence-corrected chi connectivity index (χ4v) is 1.74. The summed E-state index contributed by atoms with van der Waals surface area (Å²) < 4.78 is 15.2. The molecule has 1 aromatic carbocycles. The van der Waals surface area contributed by atoms with Gasteiger partial charge in [0, 0.05) is 23.2 Å². The third-order valence-corrected chi connectivity index (χ3v) is 2.88.